The van der Waals surface area contributed by atoms with E-state index in [4.69, 9.17) is 26.8 Å². The van der Waals surface area contributed by atoms with Crippen molar-refractivity contribution in [3.8, 4) is 17.6 Å². The number of rotatable bonds is 3. The van der Waals surface area contributed by atoms with Crippen LogP contribution in [0.1, 0.15) is 33.0 Å². The molecule has 0 radical (unpaired) electrons. The number of hydrogen-bond acceptors (Lipinski definition) is 5. The maximum absolute atomic E-state index is 14.7. The normalized spacial score (nSPS) is 15.0. The second-order valence-electron chi connectivity index (χ2n) is 7.02. The van der Waals surface area contributed by atoms with E-state index in [2.05, 4.69) is 0 Å². The average molecular weight is 435 g/mol. The standard InChI is InChI=1S/C24H16ClFN2O3/c1-13-5-7-14(8-6-13)24(29)30-15-9-10-16-20(11-15)31-23(28)17(12-27)21(16)22-18(25)3-2-4-19(22)26/h2-11,21H,28H2,1H3. The Kier molecular flexibility index (Phi) is 5.37. The summed E-state index contributed by atoms with van der Waals surface area (Å²) in [5.74, 6) is -1.66. The van der Waals surface area contributed by atoms with E-state index < -0.39 is 17.7 Å². The predicted octanol–water partition coefficient (Wildman–Crippen LogP) is 5.22. The van der Waals surface area contributed by atoms with Gasteiger partial charge in [0.2, 0.25) is 5.88 Å². The summed E-state index contributed by atoms with van der Waals surface area (Å²) >= 11 is 6.26. The summed E-state index contributed by atoms with van der Waals surface area (Å²) in [4.78, 5) is 12.4. The van der Waals surface area contributed by atoms with Gasteiger partial charge in [0, 0.05) is 22.2 Å². The first-order valence-corrected chi connectivity index (χ1v) is 9.71. The third kappa shape index (κ3) is 3.83. The van der Waals surface area contributed by atoms with Crippen molar-refractivity contribution in [3.05, 3.63) is 105 Å². The number of fused-ring (bicyclic) bond motifs is 1. The van der Waals surface area contributed by atoms with Gasteiger partial charge in [-0.15, -0.1) is 0 Å². The van der Waals surface area contributed by atoms with Crippen LogP contribution in [0.15, 0.2) is 72.1 Å². The van der Waals surface area contributed by atoms with Gasteiger partial charge in [-0.05, 0) is 37.3 Å². The molecule has 0 aromatic heterocycles. The lowest BCUT2D eigenvalue weighted by molar-refractivity contribution is 0.0734. The molecule has 2 N–H and O–H groups in total. The Morgan fingerprint density at radius 3 is 2.61 bits per heavy atom. The van der Waals surface area contributed by atoms with Gasteiger partial charge in [-0.3, -0.25) is 0 Å². The van der Waals surface area contributed by atoms with E-state index in [-0.39, 0.29) is 33.5 Å². The van der Waals surface area contributed by atoms with Crippen molar-refractivity contribution in [2.24, 2.45) is 5.73 Å². The third-order valence-electron chi connectivity index (χ3n) is 4.98. The monoisotopic (exact) mass is 434 g/mol. The Labute approximate surface area is 183 Å². The molecule has 0 saturated carbocycles. The summed E-state index contributed by atoms with van der Waals surface area (Å²) in [5.41, 5.74) is 8.01. The van der Waals surface area contributed by atoms with Gasteiger partial charge >= 0.3 is 5.97 Å². The molecule has 1 heterocycles. The minimum atomic E-state index is -0.857. The van der Waals surface area contributed by atoms with E-state index in [9.17, 15) is 14.4 Å². The zero-order valence-corrected chi connectivity index (χ0v) is 17.1. The van der Waals surface area contributed by atoms with E-state index in [0.29, 0.717) is 11.1 Å². The van der Waals surface area contributed by atoms with E-state index in [0.717, 1.165) is 5.56 Å². The van der Waals surface area contributed by atoms with Gasteiger partial charge in [0.15, 0.2) is 0 Å². The quantitative estimate of drug-likeness (QED) is 0.451. The van der Waals surface area contributed by atoms with Crippen LogP contribution in [-0.4, -0.2) is 5.97 Å². The Bertz CT molecular complexity index is 1240. The summed E-state index contributed by atoms with van der Waals surface area (Å²) in [5, 5.41) is 9.78. The van der Waals surface area contributed by atoms with Gasteiger partial charge < -0.3 is 15.2 Å². The zero-order chi connectivity index (χ0) is 22.1. The molecule has 7 heteroatoms. The molecule has 0 saturated heterocycles. The van der Waals surface area contributed by atoms with Crippen LogP contribution < -0.4 is 15.2 Å². The highest BCUT2D eigenvalue weighted by Crippen LogP contribution is 2.46. The summed E-state index contributed by atoms with van der Waals surface area (Å²) in [7, 11) is 0. The van der Waals surface area contributed by atoms with Gasteiger partial charge in [0.1, 0.15) is 29.0 Å². The first-order valence-electron chi connectivity index (χ1n) is 9.33. The van der Waals surface area contributed by atoms with Gasteiger partial charge in [-0.25, -0.2) is 9.18 Å². The highest BCUT2D eigenvalue weighted by Gasteiger charge is 2.34. The largest absolute Gasteiger partial charge is 0.440 e. The van der Waals surface area contributed by atoms with Crippen molar-refractivity contribution in [3.63, 3.8) is 0 Å². The lowest BCUT2D eigenvalue weighted by Gasteiger charge is -2.27. The number of nitrogens with zero attached hydrogens (tertiary/aromatic N) is 1. The lowest BCUT2D eigenvalue weighted by Crippen LogP contribution is -2.22. The Morgan fingerprint density at radius 2 is 1.94 bits per heavy atom. The number of hydrogen-bond donors (Lipinski definition) is 1. The number of halogens is 2. The number of carbonyl (C=O) groups excluding carboxylic acids is 1. The van der Waals surface area contributed by atoms with Crippen molar-refractivity contribution >= 4 is 17.6 Å². The number of nitrogens with two attached hydrogens (primary N) is 1. The smallest absolute Gasteiger partial charge is 0.343 e. The third-order valence-corrected chi connectivity index (χ3v) is 5.31. The average Bonchev–Trinajstić information content (AvgIpc) is 2.73. The molecule has 3 aromatic rings. The highest BCUT2D eigenvalue weighted by atomic mass is 35.5. The number of carbonyl (C=O) groups is 1. The number of allylic oxidation sites excluding steroid dienone is 1. The number of benzene rings is 3. The fourth-order valence-corrected chi connectivity index (χ4v) is 3.71. The number of nitriles is 1. The topological polar surface area (TPSA) is 85.3 Å². The zero-order valence-electron chi connectivity index (χ0n) is 16.4. The van der Waals surface area contributed by atoms with Crippen LogP contribution in [-0.2, 0) is 0 Å². The Morgan fingerprint density at radius 1 is 1.19 bits per heavy atom. The maximum atomic E-state index is 14.7. The van der Waals surface area contributed by atoms with E-state index in [1.807, 2.05) is 25.1 Å². The maximum Gasteiger partial charge on any atom is 0.343 e. The molecule has 1 aliphatic heterocycles. The van der Waals surface area contributed by atoms with E-state index >= 15 is 0 Å². The Balaban J connectivity index is 1.73. The second-order valence-corrected chi connectivity index (χ2v) is 7.42. The molecule has 0 spiro atoms. The molecule has 154 valence electrons. The predicted molar refractivity (Wildman–Crippen MR) is 113 cm³/mol. The molecular weight excluding hydrogens is 419 g/mol. The minimum Gasteiger partial charge on any atom is -0.440 e. The molecule has 1 atom stereocenters. The molecule has 0 bridgehead atoms. The molecule has 0 aliphatic carbocycles. The second kappa shape index (κ2) is 8.13. The van der Waals surface area contributed by atoms with Crippen molar-refractivity contribution < 1.29 is 18.7 Å². The molecular formula is C24H16ClFN2O3. The molecule has 5 nitrogen and oxygen atoms in total. The molecule has 31 heavy (non-hydrogen) atoms. The SMILES string of the molecule is Cc1ccc(C(=O)Oc2ccc3c(c2)OC(N)=C(C#N)C3c2c(F)cccc2Cl)cc1. The van der Waals surface area contributed by atoms with Crippen LogP contribution in [0, 0.1) is 24.1 Å². The number of aryl methyl sites for hydroxylation is 1. The van der Waals surface area contributed by atoms with Crippen molar-refractivity contribution in [1.29, 1.82) is 5.26 Å². The van der Waals surface area contributed by atoms with E-state index in [1.165, 1.54) is 24.3 Å². The first kappa shape index (κ1) is 20.5. The summed E-state index contributed by atoms with van der Waals surface area (Å²) in [6.45, 7) is 1.92. The molecule has 0 fully saturated rings. The molecule has 0 amide bonds. The van der Waals surface area contributed by atoms with Gasteiger partial charge in [-0.2, -0.15) is 5.26 Å². The summed E-state index contributed by atoms with van der Waals surface area (Å²) < 4.78 is 25.7. The van der Waals surface area contributed by atoms with Crippen LogP contribution >= 0.6 is 11.6 Å². The lowest BCUT2D eigenvalue weighted by atomic mass is 9.83. The van der Waals surface area contributed by atoms with Crippen molar-refractivity contribution in [1.82, 2.24) is 0 Å². The molecule has 1 aliphatic rings. The van der Waals surface area contributed by atoms with Gasteiger partial charge in [0.25, 0.3) is 0 Å². The van der Waals surface area contributed by atoms with Crippen LogP contribution in [0.25, 0.3) is 0 Å². The van der Waals surface area contributed by atoms with Gasteiger partial charge in [-0.1, -0.05) is 41.4 Å². The van der Waals surface area contributed by atoms with Crippen LogP contribution in [0.5, 0.6) is 11.5 Å². The minimum absolute atomic E-state index is 0.0453. The molecule has 1 unspecified atom stereocenters. The Hall–Kier alpha value is -3.82. The summed E-state index contributed by atoms with van der Waals surface area (Å²) in [6, 6.07) is 17.9. The van der Waals surface area contributed by atoms with Gasteiger partial charge in [0.05, 0.1) is 11.5 Å². The van der Waals surface area contributed by atoms with Crippen molar-refractivity contribution in [2.75, 3.05) is 0 Å². The fraction of sp³-hybridized carbons (Fsp3) is 0.0833. The van der Waals surface area contributed by atoms with E-state index in [1.54, 1.807) is 24.3 Å². The van der Waals surface area contributed by atoms with Crippen LogP contribution in [0.3, 0.4) is 0 Å². The molecule has 3 aromatic carbocycles. The fourth-order valence-electron chi connectivity index (χ4n) is 3.44. The van der Waals surface area contributed by atoms with Crippen LogP contribution in [0.4, 0.5) is 4.39 Å². The number of esters is 1. The first-order chi connectivity index (χ1) is 14.9. The van der Waals surface area contributed by atoms with Crippen LogP contribution in [0.2, 0.25) is 5.02 Å². The molecule has 4 rings (SSSR count). The van der Waals surface area contributed by atoms with Crippen molar-refractivity contribution in [2.45, 2.75) is 12.8 Å². The summed E-state index contributed by atoms with van der Waals surface area (Å²) in [6.07, 6.45) is 0. The number of ether oxygens (including phenoxy) is 2. The highest BCUT2D eigenvalue weighted by molar-refractivity contribution is 6.31.